The number of fused-ring (bicyclic) bond motifs is 1. The molecule has 1 aliphatic carbocycles. The van der Waals surface area contributed by atoms with Crippen LogP contribution in [0.15, 0.2) is 12.3 Å². The molecule has 0 unspecified atom stereocenters. The van der Waals surface area contributed by atoms with E-state index in [4.69, 9.17) is 0 Å². The van der Waals surface area contributed by atoms with Gasteiger partial charge in [-0.15, -0.1) is 0 Å². The van der Waals surface area contributed by atoms with Crippen LogP contribution in [0.5, 0.6) is 0 Å². The molecule has 1 aromatic heterocycles. The maximum atomic E-state index is 4.39. The van der Waals surface area contributed by atoms with E-state index in [-0.39, 0.29) is 0 Å². The average molecular weight is 146 g/mol. The number of nitrogens with zero attached hydrogens (tertiary/aromatic N) is 2. The SMILES string of the molecule is CC1=CCc2nc(C)cnc21. The summed E-state index contributed by atoms with van der Waals surface area (Å²) in [4.78, 5) is 8.70. The summed E-state index contributed by atoms with van der Waals surface area (Å²) in [6.07, 6.45) is 4.95. The van der Waals surface area contributed by atoms with Gasteiger partial charge >= 0.3 is 0 Å². The minimum atomic E-state index is 0.954. The van der Waals surface area contributed by atoms with Crippen LogP contribution in [0.3, 0.4) is 0 Å². The van der Waals surface area contributed by atoms with Crippen LogP contribution in [0.2, 0.25) is 0 Å². The highest BCUT2D eigenvalue weighted by molar-refractivity contribution is 5.66. The molecule has 0 atom stereocenters. The summed E-state index contributed by atoms with van der Waals surface area (Å²) in [5, 5.41) is 0. The van der Waals surface area contributed by atoms with Crippen molar-refractivity contribution in [3.05, 3.63) is 29.4 Å². The third kappa shape index (κ3) is 0.946. The summed E-state index contributed by atoms with van der Waals surface area (Å²) < 4.78 is 0. The molecule has 11 heavy (non-hydrogen) atoms. The Morgan fingerprint density at radius 2 is 2.18 bits per heavy atom. The number of aryl methyl sites for hydroxylation is 1. The van der Waals surface area contributed by atoms with Crippen molar-refractivity contribution in [1.82, 2.24) is 9.97 Å². The zero-order valence-corrected chi connectivity index (χ0v) is 6.76. The zero-order valence-electron chi connectivity index (χ0n) is 6.76. The smallest absolute Gasteiger partial charge is 0.0874 e. The molecule has 0 saturated carbocycles. The van der Waals surface area contributed by atoms with E-state index in [0.29, 0.717) is 0 Å². The van der Waals surface area contributed by atoms with Crippen LogP contribution in [0.25, 0.3) is 5.57 Å². The first-order valence-electron chi connectivity index (χ1n) is 3.77. The van der Waals surface area contributed by atoms with Gasteiger partial charge in [0.25, 0.3) is 0 Å². The lowest BCUT2D eigenvalue weighted by atomic mass is 10.2. The highest BCUT2D eigenvalue weighted by Gasteiger charge is 2.12. The lowest BCUT2D eigenvalue weighted by Crippen LogP contribution is -1.94. The van der Waals surface area contributed by atoms with Crippen molar-refractivity contribution in [3.8, 4) is 0 Å². The van der Waals surface area contributed by atoms with Gasteiger partial charge in [-0.3, -0.25) is 9.97 Å². The van der Waals surface area contributed by atoms with E-state index in [1.54, 1.807) is 0 Å². The number of allylic oxidation sites excluding steroid dienone is 2. The van der Waals surface area contributed by atoms with E-state index in [1.807, 2.05) is 13.1 Å². The Hall–Kier alpha value is -1.18. The van der Waals surface area contributed by atoms with Crippen LogP contribution in [-0.4, -0.2) is 9.97 Å². The molecule has 0 amide bonds. The summed E-state index contributed by atoms with van der Waals surface area (Å²) in [5.74, 6) is 0. The fraction of sp³-hybridized carbons (Fsp3) is 0.333. The third-order valence-corrected chi connectivity index (χ3v) is 1.94. The van der Waals surface area contributed by atoms with Crippen molar-refractivity contribution >= 4 is 5.57 Å². The predicted octanol–water partition coefficient (Wildman–Crippen LogP) is 1.74. The van der Waals surface area contributed by atoms with E-state index >= 15 is 0 Å². The molecule has 0 saturated heterocycles. The van der Waals surface area contributed by atoms with E-state index in [2.05, 4.69) is 23.0 Å². The number of hydrogen-bond acceptors (Lipinski definition) is 2. The maximum Gasteiger partial charge on any atom is 0.0874 e. The molecule has 0 aromatic carbocycles. The monoisotopic (exact) mass is 146 g/mol. The van der Waals surface area contributed by atoms with Crippen LogP contribution in [0, 0.1) is 6.92 Å². The normalized spacial score (nSPS) is 14.5. The van der Waals surface area contributed by atoms with Crippen LogP contribution in [0.4, 0.5) is 0 Å². The van der Waals surface area contributed by atoms with Crippen molar-refractivity contribution in [1.29, 1.82) is 0 Å². The highest BCUT2D eigenvalue weighted by atomic mass is 14.8. The van der Waals surface area contributed by atoms with Gasteiger partial charge in [0, 0.05) is 12.6 Å². The van der Waals surface area contributed by atoms with E-state index in [1.165, 1.54) is 5.57 Å². The third-order valence-electron chi connectivity index (χ3n) is 1.94. The minimum absolute atomic E-state index is 0.954. The Balaban J connectivity index is 2.58. The first-order chi connectivity index (χ1) is 5.27. The Morgan fingerprint density at radius 3 is 3.00 bits per heavy atom. The molecule has 0 N–H and O–H groups in total. The molecule has 2 nitrogen and oxygen atoms in total. The summed E-state index contributed by atoms with van der Waals surface area (Å²) in [6.45, 7) is 4.05. The summed E-state index contributed by atoms with van der Waals surface area (Å²) >= 11 is 0. The summed E-state index contributed by atoms with van der Waals surface area (Å²) in [6, 6.07) is 0. The number of rotatable bonds is 0. The zero-order chi connectivity index (χ0) is 7.84. The van der Waals surface area contributed by atoms with Crippen LogP contribution < -0.4 is 0 Å². The second-order valence-corrected chi connectivity index (χ2v) is 2.90. The van der Waals surface area contributed by atoms with Crippen molar-refractivity contribution in [2.24, 2.45) is 0 Å². The Bertz CT molecular complexity index is 326. The molecule has 0 bridgehead atoms. The molecule has 56 valence electrons. The van der Waals surface area contributed by atoms with E-state index < -0.39 is 0 Å². The van der Waals surface area contributed by atoms with Gasteiger partial charge in [0.1, 0.15) is 0 Å². The quantitative estimate of drug-likeness (QED) is 0.557. The fourth-order valence-electron chi connectivity index (χ4n) is 1.35. The van der Waals surface area contributed by atoms with E-state index in [0.717, 1.165) is 23.5 Å². The maximum absolute atomic E-state index is 4.39. The lowest BCUT2D eigenvalue weighted by Gasteiger charge is -1.99. The van der Waals surface area contributed by atoms with Gasteiger partial charge in [-0.2, -0.15) is 0 Å². The largest absolute Gasteiger partial charge is 0.254 e. The predicted molar refractivity (Wildman–Crippen MR) is 44.1 cm³/mol. The lowest BCUT2D eigenvalue weighted by molar-refractivity contribution is 1.02. The Morgan fingerprint density at radius 1 is 1.36 bits per heavy atom. The fourth-order valence-corrected chi connectivity index (χ4v) is 1.35. The standard InChI is InChI=1S/C9H10N2/c1-6-3-4-8-9(6)10-5-7(2)11-8/h3,5H,4H2,1-2H3. The van der Waals surface area contributed by atoms with Crippen LogP contribution in [0.1, 0.15) is 24.0 Å². The second kappa shape index (κ2) is 2.16. The molecule has 2 rings (SSSR count). The van der Waals surface area contributed by atoms with Gasteiger partial charge in [0.15, 0.2) is 0 Å². The first-order valence-corrected chi connectivity index (χ1v) is 3.77. The minimum Gasteiger partial charge on any atom is -0.254 e. The first kappa shape index (κ1) is 6.53. The van der Waals surface area contributed by atoms with Gasteiger partial charge in [-0.1, -0.05) is 6.08 Å². The topological polar surface area (TPSA) is 25.8 Å². The molecule has 2 heteroatoms. The van der Waals surface area contributed by atoms with Crippen molar-refractivity contribution in [2.45, 2.75) is 20.3 Å². The molecule has 1 aliphatic rings. The van der Waals surface area contributed by atoms with Crippen LogP contribution >= 0.6 is 0 Å². The molecule has 0 fully saturated rings. The Labute approximate surface area is 66.0 Å². The number of aromatic nitrogens is 2. The molecule has 0 spiro atoms. The second-order valence-electron chi connectivity index (χ2n) is 2.90. The van der Waals surface area contributed by atoms with Crippen LogP contribution in [-0.2, 0) is 6.42 Å². The van der Waals surface area contributed by atoms with Gasteiger partial charge in [0.05, 0.1) is 17.1 Å². The van der Waals surface area contributed by atoms with Crippen molar-refractivity contribution in [3.63, 3.8) is 0 Å². The van der Waals surface area contributed by atoms with Gasteiger partial charge in [-0.25, -0.2) is 0 Å². The molecule has 0 aliphatic heterocycles. The molecule has 1 heterocycles. The van der Waals surface area contributed by atoms with Gasteiger partial charge in [-0.05, 0) is 19.4 Å². The average Bonchev–Trinajstić information content (AvgIpc) is 2.32. The molecular weight excluding hydrogens is 136 g/mol. The molecular formula is C9H10N2. The van der Waals surface area contributed by atoms with E-state index in [9.17, 15) is 0 Å². The molecule has 0 radical (unpaired) electrons. The molecule has 1 aromatic rings. The van der Waals surface area contributed by atoms with Crippen molar-refractivity contribution < 1.29 is 0 Å². The van der Waals surface area contributed by atoms with Gasteiger partial charge in [0.2, 0.25) is 0 Å². The number of hydrogen-bond donors (Lipinski definition) is 0. The summed E-state index contributed by atoms with van der Waals surface area (Å²) in [7, 11) is 0. The summed E-state index contributed by atoms with van der Waals surface area (Å²) in [5.41, 5.74) is 4.47. The highest BCUT2D eigenvalue weighted by Crippen LogP contribution is 2.22. The Kier molecular flexibility index (Phi) is 1.28. The van der Waals surface area contributed by atoms with Gasteiger partial charge < -0.3 is 0 Å². The van der Waals surface area contributed by atoms with Crippen molar-refractivity contribution in [2.75, 3.05) is 0 Å².